The second-order valence-electron chi connectivity index (χ2n) is 6.83. The number of hydrogen-bond acceptors (Lipinski definition) is 4. The maximum Gasteiger partial charge on any atom is 0.223 e. The monoisotopic (exact) mass is 398 g/mol. The van der Waals surface area contributed by atoms with Crippen LogP contribution in [0.5, 0.6) is 0 Å². The van der Waals surface area contributed by atoms with Gasteiger partial charge in [0.1, 0.15) is 5.82 Å². The standard InChI is InChI=1S/C21H23FN4OS/c22-16-6-1-4-9-19(16)28-15-10-20(27)25-11-5-12-26(14-13-25)21-23-17-7-2-3-8-18(17)24-21/h1-4,6-9H,5,10-15H2,(H,23,24). The van der Waals surface area contributed by atoms with Crippen LogP contribution < -0.4 is 4.90 Å². The molecule has 1 saturated heterocycles. The summed E-state index contributed by atoms with van der Waals surface area (Å²) in [6, 6.07) is 14.7. The number of hydrogen-bond donors (Lipinski definition) is 1. The molecule has 7 heteroatoms. The third-order valence-corrected chi connectivity index (χ3v) is 5.99. The molecule has 1 N–H and O–H groups in total. The largest absolute Gasteiger partial charge is 0.341 e. The summed E-state index contributed by atoms with van der Waals surface area (Å²) in [7, 11) is 0. The Morgan fingerprint density at radius 3 is 2.75 bits per heavy atom. The van der Waals surface area contributed by atoms with Gasteiger partial charge in [0.25, 0.3) is 0 Å². The first kappa shape index (κ1) is 18.8. The number of imidazole rings is 1. The first-order valence-corrected chi connectivity index (χ1v) is 10.5. The number of aromatic nitrogens is 2. The van der Waals surface area contributed by atoms with Gasteiger partial charge in [-0.25, -0.2) is 9.37 Å². The van der Waals surface area contributed by atoms with Gasteiger partial charge in [-0.1, -0.05) is 24.3 Å². The molecule has 4 rings (SSSR count). The van der Waals surface area contributed by atoms with Crippen LogP contribution in [0, 0.1) is 5.82 Å². The van der Waals surface area contributed by atoms with Gasteiger partial charge in [-0.15, -0.1) is 11.8 Å². The molecule has 0 radical (unpaired) electrons. The van der Waals surface area contributed by atoms with E-state index in [1.165, 1.54) is 17.8 Å². The average molecular weight is 399 g/mol. The van der Waals surface area contributed by atoms with Crippen LogP contribution in [0.2, 0.25) is 0 Å². The molecular weight excluding hydrogens is 375 g/mol. The SMILES string of the molecule is O=C(CCSc1ccccc1F)N1CCCN(c2nc3ccccc3[nH]2)CC1. The molecule has 0 atom stereocenters. The summed E-state index contributed by atoms with van der Waals surface area (Å²) in [4.78, 5) is 25.4. The number of carbonyl (C=O) groups is 1. The summed E-state index contributed by atoms with van der Waals surface area (Å²) in [5.41, 5.74) is 1.99. The lowest BCUT2D eigenvalue weighted by Gasteiger charge is -2.21. The van der Waals surface area contributed by atoms with Gasteiger partial charge in [0.05, 0.1) is 11.0 Å². The minimum absolute atomic E-state index is 0.135. The molecule has 28 heavy (non-hydrogen) atoms. The van der Waals surface area contributed by atoms with Crippen LogP contribution in [-0.2, 0) is 4.79 Å². The Balaban J connectivity index is 1.30. The van der Waals surface area contributed by atoms with Crippen LogP contribution in [0.15, 0.2) is 53.4 Å². The van der Waals surface area contributed by atoms with Crippen LogP contribution in [0.4, 0.5) is 10.3 Å². The summed E-state index contributed by atoms with van der Waals surface area (Å²) < 4.78 is 13.7. The lowest BCUT2D eigenvalue weighted by molar-refractivity contribution is -0.130. The van der Waals surface area contributed by atoms with Crippen molar-refractivity contribution in [3.05, 3.63) is 54.3 Å². The van der Waals surface area contributed by atoms with E-state index in [2.05, 4.69) is 14.9 Å². The topological polar surface area (TPSA) is 52.2 Å². The fraction of sp³-hybridized carbons (Fsp3) is 0.333. The number of rotatable bonds is 5. The third-order valence-electron chi connectivity index (χ3n) is 4.94. The van der Waals surface area contributed by atoms with Crippen molar-refractivity contribution in [2.45, 2.75) is 17.7 Å². The fourth-order valence-electron chi connectivity index (χ4n) is 3.44. The zero-order valence-electron chi connectivity index (χ0n) is 15.6. The Labute approximate surface area is 167 Å². The number of thioether (sulfide) groups is 1. The van der Waals surface area contributed by atoms with Crippen LogP contribution in [0.1, 0.15) is 12.8 Å². The number of aromatic amines is 1. The molecular formula is C21H23FN4OS. The molecule has 0 aliphatic carbocycles. The van der Waals surface area contributed by atoms with Gasteiger partial charge in [0.15, 0.2) is 0 Å². The Morgan fingerprint density at radius 2 is 1.89 bits per heavy atom. The number of nitrogens with zero attached hydrogens (tertiary/aromatic N) is 3. The Morgan fingerprint density at radius 1 is 1.07 bits per heavy atom. The molecule has 0 bridgehead atoms. The van der Waals surface area contributed by atoms with Crippen molar-refractivity contribution >= 4 is 34.7 Å². The molecule has 5 nitrogen and oxygen atoms in total. The summed E-state index contributed by atoms with van der Waals surface area (Å²) >= 11 is 1.40. The third kappa shape index (κ3) is 4.30. The van der Waals surface area contributed by atoms with E-state index < -0.39 is 0 Å². The van der Waals surface area contributed by atoms with Gasteiger partial charge >= 0.3 is 0 Å². The summed E-state index contributed by atoms with van der Waals surface area (Å²) in [6.07, 6.45) is 1.33. The smallest absolute Gasteiger partial charge is 0.223 e. The summed E-state index contributed by atoms with van der Waals surface area (Å²) in [5, 5.41) is 0. The number of H-pyrrole nitrogens is 1. The van der Waals surface area contributed by atoms with Gasteiger partial charge in [0, 0.05) is 43.2 Å². The quantitative estimate of drug-likeness (QED) is 0.662. The predicted molar refractivity (Wildman–Crippen MR) is 111 cm³/mol. The fourth-order valence-corrected chi connectivity index (χ4v) is 4.31. The van der Waals surface area contributed by atoms with Crippen LogP contribution in [0.25, 0.3) is 11.0 Å². The minimum atomic E-state index is -0.226. The van der Waals surface area contributed by atoms with Gasteiger partial charge in [0.2, 0.25) is 11.9 Å². The molecule has 0 saturated carbocycles. The van der Waals surface area contributed by atoms with Crippen LogP contribution in [0.3, 0.4) is 0 Å². The summed E-state index contributed by atoms with van der Waals surface area (Å²) in [6.45, 7) is 3.06. The molecule has 1 aromatic heterocycles. The van der Waals surface area contributed by atoms with Crippen molar-refractivity contribution in [2.75, 3.05) is 36.8 Å². The molecule has 1 fully saturated rings. The Bertz CT molecular complexity index is 927. The van der Waals surface area contributed by atoms with E-state index in [1.54, 1.807) is 12.1 Å². The van der Waals surface area contributed by atoms with Crippen molar-refractivity contribution in [1.29, 1.82) is 0 Å². The number of carbonyl (C=O) groups excluding carboxylic acids is 1. The maximum atomic E-state index is 13.7. The van der Waals surface area contributed by atoms with Gasteiger partial charge in [-0.3, -0.25) is 4.79 Å². The summed E-state index contributed by atoms with van der Waals surface area (Å²) in [5.74, 6) is 1.36. The molecule has 1 aliphatic rings. The first-order valence-electron chi connectivity index (χ1n) is 9.55. The predicted octanol–water partition coefficient (Wildman–Crippen LogP) is 3.92. The molecule has 146 valence electrons. The molecule has 0 unspecified atom stereocenters. The van der Waals surface area contributed by atoms with Crippen molar-refractivity contribution in [2.24, 2.45) is 0 Å². The molecule has 0 spiro atoms. The van der Waals surface area contributed by atoms with Crippen molar-refractivity contribution in [3.8, 4) is 0 Å². The van der Waals surface area contributed by atoms with Gasteiger partial charge < -0.3 is 14.8 Å². The highest BCUT2D eigenvalue weighted by Crippen LogP contribution is 2.22. The number of anilines is 1. The van der Waals surface area contributed by atoms with Gasteiger partial charge in [-0.05, 0) is 30.7 Å². The molecule has 3 aromatic rings. The normalized spacial score (nSPS) is 15.0. The van der Waals surface area contributed by atoms with Crippen LogP contribution >= 0.6 is 11.8 Å². The molecule has 1 amide bonds. The van der Waals surface area contributed by atoms with Crippen molar-refractivity contribution in [1.82, 2.24) is 14.9 Å². The van der Waals surface area contributed by atoms with E-state index in [1.807, 2.05) is 35.2 Å². The van der Waals surface area contributed by atoms with E-state index in [9.17, 15) is 9.18 Å². The highest BCUT2D eigenvalue weighted by molar-refractivity contribution is 7.99. The van der Waals surface area contributed by atoms with E-state index in [0.29, 0.717) is 23.6 Å². The second-order valence-corrected chi connectivity index (χ2v) is 7.96. The minimum Gasteiger partial charge on any atom is -0.341 e. The average Bonchev–Trinajstić information content (AvgIpc) is 2.98. The lowest BCUT2D eigenvalue weighted by Crippen LogP contribution is -2.35. The lowest BCUT2D eigenvalue weighted by atomic mass is 10.3. The van der Waals surface area contributed by atoms with Gasteiger partial charge in [-0.2, -0.15) is 0 Å². The highest BCUT2D eigenvalue weighted by Gasteiger charge is 2.20. The first-order chi connectivity index (χ1) is 13.7. The molecule has 1 aliphatic heterocycles. The second kappa shape index (κ2) is 8.65. The van der Waals surface area contributed by atoms with E-state index in [-0.39, 0.29) is 11.7 Å². The Hall–Kier alpha value is -2.54. The van der Waals surface area contributed by atoms with E-state index >= 15 is 0 Å². The molecule has 2 aromatic carbocycles. The Kier molecular flexibility index (Phi) is 5.81. The number of halogens is 1. The number of fused-ring (bicyclic) bond motifs is 1. The van der Waals surface area contributed by atoms with Crippen molar-refractivity contribution in [3.63, 3.8) is 0 Å². The zero-order chi connectivity index (χ0) is 19.3. The van der Waals surface area contributed by atoms with E-state index in [4.69, 9.17) is 0 Å². The molecule has 2 heterocycles. The number of nitrogens with one attached hydrogen (secondary N) is 1. The van der Waals surface area contributed by atoms with E-state index in [0.717, 1.165) is 43.0 Å². The van der Waals surface area contributed by atoms with Crippen LogP contribution in [-0.4, -0.2) is 52.7 Å². The highest BCUT2D eigenvalue weighted by atomic mass is 32.2. The maximum absolute atomic E-state index is 13.7. The number of benzene rings is 2. The zero-order valence-corrected chi connectivity index (χ0v) is 16.4. The van der Waals surface area contributed by atoms with Crippen molar-refractivity contribution < 1.29 is 9.18 Å². The number of para-hydroxylation sites is 2. The number of amides is 1.